The molecule has 0 radical (unpaired) electrons. The summed E-state index contributed by atoms with van der Waals surface area (Å²) in [6.07, 6.45) is 3.49. The zero-order valence-electron chi connectivity index (χ0n) is 14.6. The first-order chi connectivity index (χ1) is 12.4. The van der Waals surface area contributed by atoms with E-state index in [9.17, 15) is 13.2 Å². The van der Waals surface area contributed by atoms with Crippen LogP contribution in [0.1, 0.15) is 24.8 Å². The Bertz CT molecular complexity index is 777. The SMILES string of the molecule is Cc1cc(Cl)c(F)cc1N1CCC2NC(C3=C(F)C=CCC3F)CC2C1. The van der Waals surface area contributed by atoms with Crippen molar-refractivity contribution in [2.24, 2.45) is 5.92 Å². The molecule has 2 saturated heterocycles. The average Bonchev–Trinajstić information content (AvgIpc) is 3.00. The maximum atomic E-state index is 14.3. The molecule has 2 heterocycles. The maximum Gasteiger partial charge on any atom is 0.143 e. The number of alkyl halides is 1. The van der Waals surface area contributed by atoms with E-state index in [0.29, 0.717) is 6.42 Å². The van der Waals surface area contributed by atoms with Gasteiger partial charge in [0.2, 0.25) is 0 Å². The number of hydrogen-bond acceptors (Lipinski definition) is 2. The molecule has 140 valence electrons. The van der Waals surface area contributed by atoms with Crippen LogP contribution in [0.5, 0.6) is 0 Å². The number of hydrogen-bond donors (Lipinski definition) is 1. The molecule has 26 heavy (non-hydrogen) atoms. The number of nitrogens with one attached hydrogen (secondary N) is 1. The molecule has 4 rings (SSSR count). The Morgan fingerprint density at radius 3 is 2.85 bits per heavy atom. The van der Waals surface area contributed by atoms with Gasteiger partial charge in [-0.05, 0) is 49.5 Å². The fourth-order valence-corrected chi connectivity index (χ4v) is 4.80. The number of benzene rings is 1. The minimum absolute atomic E-state index is 0.130. The minimum atomic E-state index is -1.25. The zero-order valence-corrected chi connectivity index (χ0v) is 15.4. The van der Waals surface area contributed by atoms with Gasteiger partial charge in [-0.3, -0.25) is 0 Å². The van der Waals surface area contributed by atoms with Gasteiger partial charge in [-0.15, -0.1) is 0 Å². The van der Waals surface area contributed by atoms with E-state index in [-0.39, 0.29) is 35.0 Å². The van der Waals surface area contributed by atoms with Crippen LogP contribution in [0.4, 0.5) is 18.9 Å². The Morgan fingerprint density at radius 1 is 1.27 bits per heavy atom. The van der Waals surface area contributed by atoms with Crippen molar-refractivity contribution in [2.45, 2.75) is 44.4 Å². The van der Waals surface area contributed by atoms with Gasteiger partial charge in [0, 0.05) is 42.9 Å². The minimum Gasteiger partial charge on any atom is -0.371 e. The first kappa shape index (κ1) is 17.9. The van der Waals surface area contributed by atoms with Gasteiger partial charge in [-0.2, -0.15) is 0 Å². The van der Waals surface area contributed by atoms with Gasteiger partial charge in [-0.25, -0.2) is 13.2 Å². The number of piperidine rings is 1. The average molecular weight is 383 g/mol. The fraction of sp³-hybridized carbons (Fsp3) is 0.500. The van der Waals surface area contributed by atoms with Gasteiger partial charge >= 0.3 is 0 Å². The van der Waals surface area contributed by atoms with Gasteiger partial charge in [0.1, 0.15) is 17.8 Å². The molecule has 0 amide bonds. The third-order valence-electron chi connectivity index (χ3n) is 5.86. The number of fused-ring (bicyclic) bond motifs is 1. The highest BCUT2D eigenvalue weighted by molar-refractivity contribution is 6.30. The highest BCUT2D eigenvalue weighted by atomic mass is 35.5. The van der Waals surface area contributed by atoms with E-state index in [1.807, 2.05) is 6.92 Å². The maximum absolute atomic E-state index is 14.3. The molecule has 1 N–H and O–H groups in total. The van der Waals surface area contributed by atoms with Crippen molar-refractivity contribution >= 4 is 17.3 Å². The molecule has 0 bridgehead atoms. The highest BCUT2D eigenvalue weighted by Gasteiger charge is 2.41. The molecule has 6 heteroatoms. The largest absolute Gasteiger partial charge is 0.371 e. The molecule has 4 atom stereocenters. The molecule has 0 aromatic heterocycles. The van der Waals surface area contributed by atoms with E-state index in [4.69, 9.17) is 11.6 Å². The third kappa shape index (κ3) is 3.16. The molecule has 2 aliphatic heterocycles. The van der Waals surface area contributed by atoms with E-state index in [1.54, 1.807) is 12.1 Å². The second-order valence-electron chi connectivity index (χ2n) is 7.52. The lowest BCUT2D eigenvalue weighted by Gasteiger charge is -2.37. The predicted octanol–water partition coefficient (Wildman–Crippen LogP) is 4.87. The molecule has 3 aliphatic rings. The molecule has 2 nitrogen and oxygen atoms in total. The summed E-state index contributed by atoms with van der Waals surface area (Å²) in [4.78, 5) is 2.17. The summed E-state index contributed by atoms with van der Waals surface area (Å²) in [6, 6.07) is 3.12. The number of anilines is 1. The van der Waals surface area contributed by atoms with E-state index >= 15 is 0 Å². The van der Waals surface area contributed by atoms with Gasteiger partial charge in [-0.1, -0.05) is 17.7 Å². The molecule has 4 unspecified atom stereocenters. The Hall–Kier alpha value is -1.46. The van der Waals surface area contributed by atoms with Crippen LogP contribution >= 0.6 is 11.6 Å². The summed E-state index contributed by atoms with van der Waals surface area (Å²) in [5.41, 5.74) is 2.05. The summed E-state index contributed by atoms with van der Waals surface area (Å²) in [7, 11) is 0. The predicted molar refractivity (Wildman–Crippen MR) is 98.6 cm³/mol. The Morgan fingerprint density at radius 2 is 2.08 bits per heavy atom. The lowest BCUT2D eigenvalue weighted by Crippen LogP contribution is -2.45. The van der Waals surface area contributed by atoms with Crippen molar-refractivity contribution < 1.29 is 13.2 Å². The van der Waals surface area contributed by atoms with Gasteiger partial charge in [0.05, 0.1) is 5.02 Å². The van der Waals surface area contributed by atoms with Gasteiger partial charge < -0.3 is 10.2 Å². The van der Waals surface area contributed by atoms with E-state index < -0.39 is 17.8 Å². The summed E-state index contributed by atoms with van der Waals surface area (Å²) >= 11 is 5.86. The Balaban J connectivity index is 1.52. The number of allylic oxidation sites excluding steroid dienone is 3. The summed E-state index contributed by atoms with van der Waals surface area (Å²) in [5.74, 6) is -0.573. The van der Waals surface area contributed by atoms with Crippen molar-refractivity contribution in [3.05, 3.63) is 52.1 Å². The second kappa shape index (κ2) is 6.93. The number of aryl methyl sites for hydroxylation is 1. The monoisotopic (exact) mass is 382 g/mol. The molecule has 2 fully saturated rings. The van der Waals surface area contributed by atoms with Crippen molar-refractivity contribution in [3.8, 4) is 0 Å². The quantitative estimate of drug-likeness (QED) is 0.785. The molecular weight excluding hydrogens is 361 g/mol. The first-order valence-corrected chi connectivity index (χ1v) is 9.48. The van der Waals surface area contributed by atoms with Crippen molar-refractivity contribution in [1.82, 2.24) is 5.32 Å². The smallest absolute Gasteiger partial charge is 0.143 e. The third-order valence-corrected chi connectivity index (χ3v) is 6.15. The molecule has 0 spiro atoms. The van der Waals surface area contributed by atoms with Crippen LogP contribution in [0, 0.1) is 18.7 Å². The number of rotatable bonds is 2. The topological polar surface area (TPSA) is 15.3 Å². The van der Waals surface area contributed by atoms with Crippen molar-refractivity contribution in [2.75, 3.05) is 18.0 Å². The standard InChI is InChI=1S/C20H22ClF3N2/c1-11-7-13(21)16(24)9-19(11)26-6-5-17-12(10-26)8-18(25-17)20-14(22)3-2-4-15(20)23/h2-3,7,9,12,15,17-18,25H,4-6,8,10H2,1H3. The van der Waals surface area contributed by atoms with Crippen LogP contribution in [-0.4, -0.2) is 31.3 Å². The normalized spacial score (nSPS) is 31.5. The first-order valence-electron chi connectivity index (χ1n) is 9.11. The lowest BCUT2D eigenvalue weighted by molar-refractivity contribution is 0.345. The van der Waals surface area contributed by atoms with Crippen molar-refractivity contribution in [1.29, 1.82) is 0 Å². The fourth-order valence-electron chi connectivity index (χ4n) is 4.58. The van der Waals surface area contributed by atoms with Crippen LogP contribution in [0.25, 0.3) is 0 Å². The van der Waals surface area contributed by atoms with E-state index in [0.717, 1.165) is 30.8 Å². The van der Waals surface area contributed by atoms with Gasteiger partial charge in [0.15, 0.2) is 0 Å². The van der Waals surface area contributed by atoms with E-state index in [2.05, 4.69) is 10.2 Å². The Kier molecular flexibility index (Phi) is 4.78. The van der Waals surface area contributed by atoms with Crippen LogP contribution in [0.3, 0.4) is 0 Å². The molecule has 1 aromatic rings. The van der Waals surface area contributed by atoms with Crippen molar-refractivity contribution in [3.63, 3.8) is 0 Å². The second-order valence-corrected chi connectivity index (χ2v) is 7.93. The summed E-state index contributed by atoms with van der Waals surface area (Å²) in [5, 5.41) is 3.57. The van der Waals surface area contributed by atoms with E-state index in [1.165, 1.54) is 12.1 Å². The van der Waals surface area contributed by atoms with Crippen LogP contribution < -0.4 is 10.2 Å². The van der Waals surface area contributed by atoms with Crippen LogP contribution in [0.15, 0.2) is 35.7 Å². The zero-order chi connectivity index (χ0) is 18.4. The molecule has 1 aromatic carbocycles. The summed E-state index contributed by atoms with van der Waals surface area (Å²) in [6.45, 7) is 3.45. The van der Waals surface area contributed by atoms with Gasteiger partial charge in [0.25, 0.3) is 0 Å². The molecule has 1 aliphatic carbocycles. The lowest BCUT2D eigenvalue weighted by atomic mass is 9.88. The Labute approximate surface area is 156 Å². The highest BCUT2D eigenvalue weighted by Crippen LogP contribution is 2.38. The molecule has 0 saturated carbocycles. The number of halogens is 4. The van der Waals surface area contributed by atoms with Crippen LogP contribution in [0.2, 0.25) is 5.02 Å². The summed E-state index contributed by atoms with van der Waals surface area (Å²) < 4.78 is 42.3. The van der Waals surface area contributed by atoms with Crippen LogP contribution in [-0.2, 0) is 0 Å². The molecular formula is C20H22ClF3N2. The number of nitrogens with zero attached hydrogens (tertiary/aromatic N) is 1.